The summed E-state index contributed by atoms with van der Waals surface area (Å²) in [7, 11) is 0. The van der Waals surface area contributed by atoms with Crippen LogP contribution < -0.4 is 0 Å². The monoisotopic (exact) mass is 196 g/mol. The standard InChI is InChI=1S/C12H22.C2H6/c1-7(2)10-5-9-6-11(8(3)4)12(9)10;1-2/h7-12H,5-6H2,1-4H3;1-2H3. The van der Waals surface area contributed by atoms with Gasteiger partial charge in [0.15, 0.2) is 0 Å². The Morgan fingerprint density at radius 2 is 1.14 bits per heavy atom. The largest absolute Gasteiger partial charge is 0.0683 e. The van der Waals surface area contributed by atoms with E-state index in [0.717, 1.165) is 35.5 Å². The van der Waals surface area contributed by atoms with E-state index >= 15 is 0 Å². The Labute approximate surface area is 90.5 Å². The van der Waals surface area contributed by atoms with E-state index in [1.807, 2.05) is 13.8 Å². The van der Waals surface area contributed by atoms with Gasteiger partial charge in [0.05, 0.1) is 0 Å². The third-order valence-electron chi connectivity index (χ3n) is 4.40. The molecule has 0 heterocycles. The molecule has 0 nitrogen and oxygen atoms in total. The molecule has 2 rings (SSSR count). The highest BCUT2D eigenvalue weighted by atomic mass is 14.6. The second-order valence-electron chi connectivity index (χ2n) is 5.62. The topological polar surface area (TPSA) is 0 Å². The molecule has 0 heteroatoms. The van der Waals surface area contributed by atoms with E-state index in [0.29, 0.717) is 0 Å². The maximum Gasteiger partial charge on any atom is -0.0324 e. The first-order valence-electron chi connectivity index (χ1n) is 6.61. The van der Waals surface area contributed by atoms with Gasteiger partial charge >= 0.3 is 0 Å². The lowest BCUT2D eigenvalue weighted by Gasteiger charge is -2.61. The van der Waals surface area contributed by atoms with Crippen LogP contribution in [0.2, 0.25) is 0 Å². The van der Waals surface area contributed by atoms with Gasteiger partial charge in [-0.2, -0.15) is 0 Å². The van der Waals surface area contributed by atoms with Crippen LogP contribution in [-0.4, -0.2) is 0 Å². The molecule has 0 N–H and O–H groups in total. The predicted molar refractivity (Wildman–Crippen MR) is 64.2 cm³/mol. The van der Waals surface area contributed by atoms with E-state index in [-0.39, 0.29) is 0 Å². The Hall–Kier alpha value is 0. The molecule has 0 amide bonds. The van der Waals surface area contributed by atoms with Crippen LogP contribution >= 0.6 is 0 Å². The zero-order chi connectivity index (χ0) is 10.9. The molecule has 2 unspecified atom stereocenters. The molecule has 0 aromatic heterocycles. The molecule has 0 spiro atoms. The lowest BCUT2D eigenvalue weighted by Crippen LogP contribution is -2.54. The van der Waals surface area contributed by atoms with E-state index in [2.05, 4.69) is 27.7 Å². The quantitative estimate of drug-likeness (QED) is 0.605. The zero-order valence-corrected chi connectivity index (χ0v) is 10.9. The third-order valence-corrected chi connectivity index (χ3v) is 4.40. The fourth-order valence-corrected chi connectivity index (χ4v) is 3.48. The molecule has 14 heavy (non-hydrogen) atoms. The smallest absolute Gasteiger partial charge is 0.0324 e. The minimum atomic E-state index is 0.938. The molecule has 0 radical (unpaired) electrons. The molecular formula is C14H28. The van der Waals surface area contributed by atoms with Gasteiger partial charge in [-0.15, -0.1) is 0 Å². The maximum atomic E-state index is 2.40. The average molecular weight is 196 g/mol. The summed E-state index contributed by atoms with van der Waals surface area (Å²) in [5.74, 6) is 6.31. The Morgan fingerprint density at radius 3 is 1.36 bits per heavy atom. The highest BCUT2D eigenvalue weighted by Gasteiger charge is 2.54. The number of hydrogen-bond acceptors (Lipinski definition) is 0. The molecule has 2 fully saturated rings. The van der Waals surface area contributed by atoms with E-state index < -0.39 is 0 Å². The molecule has 0 aromatic carbocycles. The summed E-state index contributed by atoms with van der Waals surface area (Å²) in [5, 5.41) is 0. The summed E-state index contributed by atoms with van der Waals surface area (Å²) in [6, 6.07) is 0. The van der Waals surface area contributed by atoms with Gasteiger partial charge < -0.3 is 0 Å². The van der Waals surface area contributed by atoms with Crippen molar-refractivity contribution in [3.8, 4) is 0 Å². The fourth-order valence-electron chi connectivity index (χ4n) is 3.48. The molecule has 2 aliphatic carbocycles. The molecule has 84 valence electrons. The minimum absolute atomic E-state index is 0.938. The van der Waals surface area contributed by atoms with Gasteiger partial charge in [-0.3, -0.25) is 0 Å². The van der Waals surface area contributed by atoms with Crippen molar-refractivity contribution >= 4 is 0 Å². The second kappa shape index (κ2) is 4.68. The molecule has 0 saturated heterocycles. The molecule has 2 atom stereocenters. The van der Waals surface area contributed by atoms with Gasteiger partial charge in [-0.05, 0) is 48.3 Å². The minimum Gasteiger partial charge on any atom is -0.0683 e. The normalized spacial score (nSPS) is 39.4. The highest BCUT2D eigenvalue weighted by molar-refractivity contribution is 5.03. The van der Waals surface area contributed by atoms with E-state index in [1.165, 1.54) is 0 Å². The summed E-state index contributed by atoms with van der Waals surface area (Å²) in [5.41, 5.74) is 0. The summed E-state index contributed by atoms with van der Waals surface area (Å²) < 4.78 is 0. The summed E-state index contributed by atoms with van der Waals surface area (Å²) >= 11 is 0. The molecule has 0 bridgehead atoms. The van der Waals surface area contributed by atoms with E-state index in [4.69, 9.17) is 0 Å². The Morgan fingerprint density at radius 1 is 0.786 bits per heavy atom. The first-order valence-corrected chi connectivity index (χ1v) is 6.61. The average Bonchev–Trinajstić information content (AvgIpc) is 2.11. The van der Waals surface area contributed by atoms with Crippen molar-refractivity contribution in [2.24, 2.45) is 35.5 Å². The van der Waals surface area contributed by atoms with Crippen molar-refractivity contribution < 1.29 is 0 Å². The first kappa shape index (κ1) is 12.1. The van der Waals surface area contributed by atoms with Crippen LogP contribution in [0.25, 0.3) is 0 Å². The van der Waals surface area contributed by atoms with Crippen LogP contribution in [0.4, 0.5) is 0 Å². The highest BCUT2D eigenvalue weighted by Crippen LogP contribution is 2.61. The fraction of sp³-hybridized carbons (Fsp3) is 1.00. The molecule has 0 aromatic rings. The Balaban J connectivity index is 0.000000461. The van der Waals surface area contributed by atoms with Crippen LogP contribution in [0, 0.1) is 35.5 Å². The van der Waals surface area contributed by atoms with Crippen molar-refractivity contribution in [1.82, 2.24) is 0 Å². The van der Waals surface area contributed by atoms with Gasteiger partial charge in [0.25, 0.3) is 0 Å². The zero-order valence-electron chi connectivity index (χ0n) is 10.9. The van der Waals surface area contributed by atoms with Crippen LogP contribution in [0.5, 0.6) is 0 Å². The van der Waals surface area contributed by atoms with Crippen LogP contribution in [0.3, 0.4) is 0 Å². The third kappa shape index (κ3) is 1.85. The van der Waals surface area contributed by atoms with Crippen LogP contribution in [-0.2, 0) is 0 Å². The summed E-state index contributed by atoms with van der Waals surface area (Å²) in [6.45, 7) is 13.6. The molecule has 2 aliphatic rings. The van der Waals surface area contributed by atoms with Gasteiger partial charge in [-0.25, -0.2) is 0 Å². The number of hydrogen-bond donors (Lipinski definition) is 0. The van der Waals surface area contributed by atoms with E-state index in [9.17, 15) is 0 Å². The van der Waals surface area contributed by atoms with Crippen molar-refractivity contribution in [2.75, 3.05) is 0 Å². The Kier molecular flexibility index (Phi) is 4.04. The molecule has 2 saturated carbocycles. The second-order valence-corrected chi connectivity index (χ2v) is 5.62. The van der Waals surface area contributed by atoms with Crippen LogP contribution in [0.15, 0.2) is 0 Å². The predicted octanol–water partition coefficient (Wildman–Crippen LogP) is 4.60. The van der Waals surface area contributed by atoms with Crippen molar-refractivity contribution in [3.05, 3.63) is 0 Å². The van der Waals surface area contributed by atoms with Gasteiger partial charge in [0.2, 0.25) is 0 Å². The molecule has 0 aliphatic heterocycles. The van der Waals surface area contributed by atoms with Gasteiger partial charge in [0, 0.05) is 0 Å². The first-order chi connectivity index (χ1) is 6.61. The van der Waals surface area contributed by atoms with Gasteiger partial charge in [-0.1, -0.05) is 41.5 Å². The lowest BCUT2D eigenvalue weighted by atomic mass is 9.44. The Bertz CT molecular complexity index is 151. The SMILES string of the molecule is CC.CC(C)C1CC2CC(C(C)C)C21. The van der Waals surface area contributed by atoms with Gasteiger partial charge in [0.1, 0.15) is 0 Å². The number of fused-ring (bicyclic) bond motifs is 1. The lowest BCUT2D eigenvalue weighted by molar-refractivity contribution is -0.126. The maximum absolute atomic E-state index is 2.40. The number of rotatable bonds is 2. The van der Waals surface area contributed by atoms with Crippen LogP contribution in [0.1, 0.15) is 54.4 Å². The van der Waals surface area contributed by atoms with Crippen molar-refractivity contribution in [2.45, 2.75) is 54.4 Å². The van der Waals surface area contributed by atoms with E-state index in [1.54, 1.807) is 12.8 Å². The summed E-state index contributed by atoms with van der Waals surface area (Å²) in [6.07, 6.45) is 3.09. The summed E-state index contributed by atoms with van der Waals surface area (Å²) in [4.78, 5) is 0. The molecular weight excluding hydrogens is 168 g/mol. The van der Waals surface area contributed by atoms with Crippen molar-refractivity contribution in [1.29, 1.82) is 0 Å². The van der Waals surface area contributed by atoms with Crippen molar-refractivity contribution in [3.63, 3.8) is 0 Å².